The summed E-state index contributed by atoms with van der Waals surface area (Å²) in [6, 6.07) is 7.76. The van der Waals surface area contributed by atoms with Crippen LogP contribution >= 0.6 is 11.8 Å². The zero-order chi connectivity index (χ0) is 14.2. The lowest BCUT2D eigenvalue weighted by atomic mass is 9.94. The molecule has 1 heterocycles. The molecule has 1 unspecified atom stereocenters. The first-order valence-corrected chi connectivity index (χ1v) is 8.31. The van der Waals surface area contributed by atoms with Crippen molar-refractivity contribution < 1.29 is 4.79 Å². The van der Waals surface area contributed by atoms with Crippen LogP contribution in [0.25, 0.3) is 0 Å². The number of carbonyl (C=O) groups excluding carboxylic acids is 1. The molecule has 1 saturated heterocycles. The minimum Gasteiger partial charge on any atom is -0.399 e. The summed E-state index contributed by atoms with van der Waals surface area (Å²) in [6.45, 7) is 3.04. The molecule has 108 valence electrons. The highest BCUT2D eigenvalue weighted by Gasteiger charge is 2.51. The molecule has 0 radical (unpaired) electrons. The van der Waals surface area contributed by atoms with Gasteiger partial charge in [0.2, 0.25) is 5.91 Å². The van der Waals surface area contributed by atoms with Crippen molar-refractivity contribution in [1.82, 2.24) is 5.32 Å². The third kappa shape index (κ3) is 2.53. The molecule has 1 aliphatic carbocycles. The van der Waals surface area contributed by atoms with E-state index in [0.29, 0.717) is 0 Å². The van der Waals surface area contributed by atoms with Crippen molar-refractivity contribution >= 4 is 23.4 Å². The minimum absolute atomic E-state index is 0.191. The van der Waals surface area contributed by atoms with Crippen molar-refractivity contribution in [2.75, 3.05) is 18.0 Å². The lowest BCUT2D eigenvalue weighted by Crippen LogP contribution is -2.42. The number of carbonyl (C=O) groups is 1. The van der Waals surface area contributed by atoms with Crippen LogP contribution in [0, 0.1) is 0 Å². The molecule has 1 aromatic rings. The summed E-state index contributed by atoms with van der Waals surface area (Å²) in [7, 11) is 0. The Kier molecular flexibility index (Phi) is 3.44. The number of nitrogens with two attached hydrogens (primary N) is 1. The number of nitrogen functional groups attached to an aromatic ring is 1. The van der Waals surface area contributed by atoms with E-state index in [4.69, 9.17) is 5.73 Å². The fraction of sp³-hybridized carbons (Fsp3) is 0.562. The predicted molar refractivity (Wildman–Crippen MR) is 84.9 cm³/mol. The van der Waals surface area contributed by atoms with E-state index < -0.39 is 0 Å². The lowest BCUT2D eigenvalue weighted by molar-refractivity contribution is -0.123. The smallest absolute Gasteiger partial charge is 0.230 e. The topological polar surface area (TPSA) is 55.1 Å². The number of thioether (sulfide) groups is 1. The van der Waals surface area contributed by atoms with E-state index in [1.807, 2.05) is 36.0 Å². The number of anilines is 1. The number of rotatable bonds is 4. The number of amides is 1. The van der Waals surface area contributed by atoms with Crippen molar-refractivity contribution in [3.8, 4) is 0 Å². The highest BCUT2D eigenvalue weighted by atomic mass is 32.2. The summed E-state index contributed by atoms with van der Waals surface area (Å²) >= 11 is 1.98. The highest BCUT2D eigenvalue weighted by molar-refractivity contribution is 8.00. The van der Waals surface area contributed by atoms with E-state index in [9.17, 15) is 4.79 Å². The minimum atomic E-state index is -0.284. The molecule has 20 heavy (non-hydrogen) atoms. The van der Waals surface area contributed by atoms with Crippen LogP contribution in [-0.2, 0) is 10.2 Å². The Hall–Kier alpha value is -1.16. The van der Waals surface area contributed by atoms with E-state index in [0.717, 1.165) is 30.6 Å². The maximum Gasteiger partial charge on any atom is 0.230 e. The number of hydrogen-bond donors (Lipinski definition) is 2. The van der Waals surface area contributed by atoms with Gasteiger partial charge < -0.3 is 11.1 Å². The Morgan fingerprint density at radius 2 is 2.00 bits per heavy atom. The van der Waals surface area contributed by atoms with Crippen molar-refractivity contribution in [3.63, 3.8) is 0 Å². The predicted octanol–water partition coefficient (Wildman–Crippen LogP) is 2.70. The SMILES string of the molecule is CC1(CNC(=O)C2(c3ccc(N)cc3)CC2)CCCS1. The summed E-state index contributed by atoms with van der Waals surface area (Å²) in [5.41, 5.74) is 7.29. The van der Waals surface area contributed by atoms with Gasteiger partial charge in [-0.25, -0.2) is 0 Å². The van der Waals surface area contributed by atoms with Gasteiger partial charge in [0.05, 0.1) is 5.41 Å². The second-order valence-electron chi connectivity index (χ2n) is 6.29. The summed E-state index contributed by atoms with van der Waals surface area (Å²) < 4.78 is 0.229. The molecule has 3 rings (SSSR count). The van der Waals surface area contributed by atoms with E-state index in [1.54, 1.807) is 0 Å². The van der Waals surface area contributed by atoms with Gasteiger partial charge in [-0.3, -0.25) is 4.79 Å². The van der Waals surface area contributed by atoms with Crippen LogP contribution < -0.4 is 11.1 Å². The van der Waals surface area contributed by atoms with Crippen LogP contribution in [0.1, 0.15) is 38.2 Å². The average molecular weight is 290 g/mol. The maximum absolute atomic E-state index is 12.6. The standard InChI is InChI=1S/C16H22N2OS/c1-15(7-2-10-20-15)11-18-14(19)16(8-9-16)12-3-5-13(17)6-4-12/h3-6H,2,7-11,17H2,1H3,(H,18,19). The summed E-state index contributed by atoms with van der Waals surface area (Å²) in [5.74, 6) is 1.41. The van der Waals surface area contributed by atoms with E-state index in [1.165, 1.54) is 18.6 Å². The van der Waals surface area contributed by atoms with Crippen molar-refractivity contribution in [2.45, 2.75) is 42.8 Å². The van der Waals surface area contributed by atoms with Crippen LogP contribution in [0.3, 0.4) is 0 Å². The van der Waals surface area contributed by atoms with Gasteiger partial charge in [-0.05, 0) is 56.1 Å². The van der Waals surface area contributed by atoms with Crippen LogP contribution in [-0.4, -0.2) is 23.0 Å². The van der Waals surface area contributed by atoms with E-state index >= 15 is 0 Å². The van der Waals surface area contributed by atoms with Gasteiger partial charge >= 0.3 is 0 Å². The molecular weight excluding hydrogens is 268 g/mol. The van der Waals surface area contributed by atoms with Crippen LogP contribution in [0.4, 0.5) is 5.69 Å². The maximum atomic E-state index is 12.6. The van der Waals surface area contributed by atoms with E-state index in [-0.39, 0.29) is 16.1 Å². The first-order chi connectivity index (χ1) is 9.54. The van der Waals surface area contributed by atoms with E-state index in [2.05, 4.69) is 12.2 Å². The molecule has 3 N–H and O–H groups in total. The van der Waals surface area contributed by atoms with Crippen molar-refractivity contribution in [3.05, 3.63) is 29.8 Å². The molecule has 0 bridgehead atoms. The molecule has 1 saturated carbocycles. The highest BCUT2D eigenvalue weighted by Crippen LogP contribution is 2.48. The Morgan fingerprint density at radius 1 is 1.30 bits per heavy atom. The Labute approximate surface area is 124 Å². The third-order valence-electron chi connectivity index (χ3n) is 4.57. The Bertz CT molecular complexity index is 502. The van der Waals surface area contributed by atoms with Gasteiger partial charge in [0, 0.05) is 17.0 Å². The van der Waals surface area contributed by atoms with Gasteiger partial charge in [0.15, 0.2) is 0 Å². The van der Waals surface area contributed by atoms with Crippen LogP contribution in [0.15, 0.2) is 24.3 Å². The summed E-state index contributed by atoms with van der Waals surface area (Å²) in [4.78, 5) is 12.6. The Morgan fingerprint density at radius 3 is 2.55 bits per heavy atom. The van der Waals surface area contributed by atoms with Crippen LogP contribution in [0.5, 0.6) is 0 Å². The molecule has 1 amide bonds. The molecule has 0 spiro atoms. The fourth-order valence-electron chi connectivity index (χ4n) is 2.99. The van der Waals surface area contributed by atoms with Gasteiger partial charge in [0.25, 0.3) is 0 Å². The molecule has 1 atom stereocenters. The quantitative estimate of drug-likeness (QED) is 0.838. The molecule has 1 aromatic carbocycles. The fourth-order valence-corrected chi connectivity index (χ4v) is 4.23. The molecule has 2 fully saturated rings. The van der Waals surface area contributed by atoms with Crippen molar-refractivity contribution in [1.29, 1.82) is 0 Å². The third-order valence-corrected chi connectivity index (χ3v) is 6.11. The second kappa shape index (κ2) is 4.99. The van der Waals surface area contributed by atoms with Crippen LogP contribution in [0.2, 0.25) is 0 Å². The molecule has 4 heteroatoms. The zero-order valence-electron chi connectivity index (χ0n) is 11.9. The molecule has 1 aliphatic heterocycles. The summed E-state index contributed by atoms with van der Waals surface area (Å²) in [6.07, 6.45) is 4.37. The van der Waals surface area contributed by atoms with Gasteiger partial charge in [0.1, 0.15) is 0 Å². The van der Waals surface area contributed by atoms with Gasteiger partial charge in [-0.2, -0.15) is 11.8 Å². The average Bonchev–Trinajstić information content (AvgIpc) is 3.14. The van der Waals surface area contributed by atoms with Crippen molar-refractivity contribution in [2.24, 2.45) is 0 Å². The Balaban J connectivity index is 1.66. The molecule has 2 aliphatic rings. The number of nitrogens with one attached hydrogen (secondary N) is 1. The zero-order valence-corrected chi connectivity index (χ0v) is 12.8. The molecule has 3 nitrogen and oxygen atoms in total. The van der Waals surface area contributed by atoms with Gasteiger partial charge in [-0.1, -0.05) is 12.1 Å². The molecular formula is C16H22N2OS. The number of benzene rings is 1. The largest absolute Gasteiger partial charge is 0.399 e. The monoisotopic (exact) mass is 290 g/mol. The summed E-state index contributed by atoms with van der Waals surface area (Å²) in [5, 5.41) is 3.19. The number of hydrogen-bond acceptors (Lipinski definition) is 3. The second-order valence-corrected chi connectivity index (χ2v) is 7.97. The normalized spacial score (nSPS) is 27.2. The first-order valence-electron chi connectivity index (χ1n) is 7.32. The first kappa shape index (κ1) is 13.8. The molecule has 0 aromatic heterocycles. The van der Waals surface area contributed by atoms with Gasteiger partial charge in [-0.15, -0.1) is 0 Å². The lowest BCUT2D eigenvalue weighted by Gasteiger charge is -2.25.